The first-order chi connectivity index (χ1) is 10.2. The van der Waals surface area contributed by atoms with Gasteiger partial charge < -0.3 is 19.6 Å². The zero-order valence-corrected chi connectivity index (χ0v) is 11.3. The lowest BCUT2D eigenvalue weighted by molar-refractivity contribution is 0.0934. The first-order valence-corrected chi connectivity index (χ1v) is 6.45. The van der Waals surface area contributed by atoms with E-state index in [0.29, 0.717) is 5.76 Å². The van der Waals surface area contributed by atoms with Gasteiger partial charge in [0.25, 0.3) is 17.6 Å². The van der Waals surface area contributed by atoms with Crippen molar-refractivity contribution in [2.75, 3.05) is 7.05 Å². The van der Waals surface area contributed by atoms with E-state index in [9.17, 15) is 9.59 Å². The third kappa shape index (κ3) is 2.76. The Kier molecular flexibility index (Phi) is 3.38. The topological polar surface area (TPSA) is 123 Å². The fourth-order valence-electron chi connectivity index (χ4n) is 1.83. The highest BCUT2D eigenvalue weighted by Gasteiger charge is 2.32. The van der Waals surface area contributed by atoms with E-state index in [4.69, 9.17) is 8.94 Å². The van der Waals surface area contributed by atoms with Crippen molar-refractivity contribution >= 4 is 11.8 Å². The Morgan fingerprint density at radius 3 is 2.90 bits per heavy atom. The van der Waals surface area contributed by atoms with Gasteiger partial charge in [-0.3, -0.25) is 9.59 Å². The molecule has 0 saturated heterocycles. The van der Waals surface area contributed by atoms with Gasteiger partial charge in [-0.15, -0.1) is 0 Å². The molecular formula is C12H13N5O4. The average molecular weight is 291 g/mol. The lowest BCUT2D eigenvalue weighted by Crippen LogP contribution is -2.24. The van der Waals surface area contributed by atoms with Crippen LogP contribution in [0.4, 0.5) is 0 Å². The van der Waals surface area contributed by atoms with Crippen LogP contribution in [0.3, 0.4) is 0 Å². The van der Waals surface area contributed by atoms with E-state index < -0.39 is 5.91 Å². The summed E-state index contributed by atoms with van der Waals surface area (Å²) in [5.74, 6) is 0.134. The Labute approximate surface area is 119 Å². The minimum absolute atomic E-state index is 0.0137. The number of oxazole rings is 1. The molecule has 0 aliphatic heterocycles. The molecule has 2 aromatic heterocycles. The van der Waals surface area contributed by atoms with Crippen LogP contribution in [0.1, 0.15) is 51.5 Å². The molecule has 3 rings (SSSR count). The predicted molar refractivity (Wildman–Crippen MR) is 67.3 cm³/mol. The molecule has 1 saturated carbocycles. The zero-order chi connectivity index (χ0) is 14.8. The molecular weight excluding hydrogens is 278 g/mol. The van der Waals surface area contributed by atoms with Crippen molar-refractivity contribution in [1.82, 2.24) is 25.8 Å². The molecule has 1 aliphatic carbocycles. The molecule has 2 amide bonds. The van der Waals surface area contributed by atoms with Gasteiger partial charge in [0, 0.05) is 13.0 Å². The van der Waals surface area contributed by atoms with Crippen molar-refractivity contribution < 1.29 is 18.5 Å². The molecule has 110 valence electrons. The lowest BCUT2D eigenvalue weighted by Gasteiger charge is -2.00. The highest BCUT2D eigenvalue weighted by molar-refractivity contribution is 5.93. The van der Waals surface area contributed by atoms with Crippen molar-refractivity contribution in [3.63, 3.8) is 0 Å². The quantitative estimate of drug-likeness (QED) is 0.807. The van der Waals surface area contributed by atoms with E-state index in [1.165, 1.54) is 13.4 Å². The van der Waals surface area contributed by atoms with Gasteiger partial charge in [0.1, 0.15) is 5.76 Å². The fourth-order valence-corrected chi connectivity index (χ4v) is 1.83. The summed E-state index contributed by atoms with van der Waals surface area (Å²) < 4.78 is 10.1. The summed E-state index contributed by atoms with van der Waals surface area (Å²) in [6.07, 6.45) is 3.28. The van der Waals surface area contributed by atoms with E-state index in [1.807, 2.05) is 0 Å². The Balaban J connectivity index is 1.62. The van der Waals surface area contributed by atoms with Gasteiger partial charge in [-0.05, 0) is 12.8 Å². The molecule has 9 nitrogen and oxygen atoms in total. The summed E-state index contributed by atoms with van der Waals surface area (Å²) in [5, 5.41) is 8.48. The minimum Gasteiger partial charge on any atom is -0.447 e. The summed E-state index contributed by atoms with van der Waals surface area (Å²) in [4.78, 5) is 31.1. The molecule has 2 heterocycles. The number of nitrogens with one attached hydrogen (secondary N) is 2. The number of hydrogen-bond acceptors (Lipinski definition) is 7. The largest absolute Gasteiger partial charge is 0.447 e. The number of aromatic nitrogens is 3. The van der Waals surface area contributed by atoms with Crippen LogP contribution in [0.2, 0.25) is 0 Å². The number of amides is 2. The first kappa shape index (κ1) is 13.3. The van der Waals surface area contributed by atoms with Crippen molar-refractivity contribution in [2.45, 2.75) is 25.3 Å². The summed E-state index contributed by atoms with van der Waals surface area (Å²) in [6.45, 7) is 0.0137. The van der Waals surface area contributed by atoms with Gasteiger partial charge in [0.05, 0.1) is 6.54 Å². The Hall–Kier alpha value is -2.71. The van der Waals surface area contributed by atoms with Gasteiger partial charge in [-0.2, -0.15) is 4.98 Å². The minimum atomic E-state index is -0.455. The maximum atomic E-state index is 12.0. The van der Waals surface area contributed by atoms with Crippen LogP contribution in [0.15, 0.2) is 15.3 Å². The highest BCUT2D eigenvalue weighted by atomic mass is 16.5. The van der Waals surface area contributed by atoms with Gasteiger partial charge >= 0.3 is 0 Å². The molecule has 0 atom stereocenters. The normalized spacial score (nSPS) is 14.0. The fraction of sp³-hybridized carbons (Fsp3) is 0.417. The van der Waals surface area contributed by atoms with Crippen molar-refractivity contribution in [1.29, 1.82) is 0 Å². The second kappa shape index (κ2) is 5.35. The Morgan fingerprint density at radius 1 is 1.38 bits per heavy atom. The summed E-state index contributed by atoms with van der Waals surface area (Å²) in [5.41, 5.74) is 0.281. The van der Waals surface area contributed by atoms with Crippen molar-refractivity contribution in [3.05, 3.63) is 29.6 Å². The number of carbonyl (C=O) groups excluding carboxylic acids is 2. The van der Waals surface area contributed by atoms with Gasteiger partial charge in [0.2, 0.25) is 5.89 Å². The molecule has 2 N–H and O–H groups in total. The predicted octanol–water partition coefficient (Wildman–Crippen LogP) is 0.225. The van der Waals surface area contributed by atoms with Gasteiger partial charge in [0.15, 0.2) is 12.1 Å². The molecule has 0 bridgehead atoms. The smallest absolute Gasteiger partial charge is 0.292 e. The molecule has 1 fully saturated rings. The number of carbonyl (C=O) groups is 2. The van der Waals surface area contributed by atoms with Gasteiger partial charge in [-0.1, -0.05) is 5.16 Å². The molecule has 9 heteroatoms. The average Bonchev–Trinajstić information content (AvgIpc) is 3.05. The number of hydrogen-bond donors (Lipinski definition) is 2. The maximum absolute atomic E-state index is 12.0. The van der Waals surface area contributed by atoms with Crippen LogP contribution in [-0.2, 0) is 6.54 Å². The zero-order valence-electron chi connectivity index (χ0n) is 11.3. The van der Waals surface area contributed by atoms with Crippen LogP contribution in [0, 0.1) is 0 Å². The second-order valence-corrected chi connectivity index (χ2v) is 4.61. The third-order valence-electron chi connectivity index (χ3n) is 3.06. The maximum Gasteiger partial charge on any atom is 0.292 e. The molecule has 2 aromatic rings. The lowest BCUT2D eigenvalue weighted by atomic mass is 10.2. The van der Waals surface area contributed by atoms with Crippen LogP contribution in [0.5, 0.6) is 0 Å². The van der Waals surface area contributed by atoms with E-state index in [2.05, 4.69) is 25.8 Å². The Bertz CT molecular complexity index is 673. The van der Waals surface area contributed by atoms with Crippen LogP contribution < -0.4 is 10.6 Å². The number of rotatable bonds is 5. The van der Waals surface area contributed by atoms with Crippen molar-refractivity contribution in [3.8, 4) is 0 Å². The van der Waals surface area contributed by atoms with Crippen molar-refractivity contribution in [2.24, 2.45) is 0 Å². The van der Waals surface area contributed by atoms with E-state index >= 15 is 0 Å². The van der Waals surface area contributed by atoms with Gasteiger partial charge in [-0.25, -0.2) is 4.98 Å². The summed E-state index contributed by atoms with van der Waals surface area (Å²) >= 11 is 0. The second-order valence-electron chi connectivity index (χ2n) is 4.61. The molecule has 0 unspecified atom stereocenters. The van der Waals surface area contributed by atoms with E-state index in [0.717, 1.165) is 12.8 Å². The SMILES string of the molecule is CNC(=O)c1noc(CNC(=O)c2ncoc2C2CC2)n1. The molecule has 0 aromatic carbocycles. The monoisotopic (exact) mass is 291 g/mol. The molecule has 1 aliphatic rings. The summed E-state index contributed by atoms with van der Waals surface area (Å²) in [7, 11) is 1.46. The Morgan fingerprint density at radius 2 is 2.19 bits per heavy atom. The molecule has 0 spiro atoms. The van der Waals surface area contributed by atoms with E-state index in [1.54, 1.807) is 0 Å². The summed E-state index contributed by atoms with van der Waals surface area (Å²) in [6, 6.07) is 0. The highest BCUT2D eigenvalue weighted by Crippen LogP contribution is 2.41. The van der Waals surface area contributed by atoms with Crippen LogP contribution >= 0.6 is 0 Å². The van der Waals surface area contributed by atoms with Crippen LogP contribution in [0.25, 0.3) is 0 Å². The van der Waals surface area contributed by atoms with E-state index in [-0.39, 0.29) is 35.8 Å². The molecule has 21 heavy (non-hydrogen) atoms. The van der Waals surface area contributed by atoms with Crippen LogP contribution in [-0.4, -0.2) is 34.0 Å². The molecule has 0 radical (unpaired) electrons. The third-order valence-corrected chi connectivity index (χ3v) is 3.06. The standard InChI is InChI=1S/C12H13N5O4/c1-13-12(19)10-16-7(21-17-10)4-14-11(18)8-9(6-2-3-6)20-5-15-8/h5-6H,2-4H2,1H3,(H,13,19)(H,14,18). The number of nitrogens with zero attached hydrogens (tertiary/aromatic N) is 3. The first-order valence-electron chi connectivity index (χ1n) is 6.45.